The molecule has 0 spiro atoms. The number of nitrogens with one attached hydrogen (secondary N) is 1. The van der Waals surface area contributed by atoms with Gasteiger partial charge in [-0.05, 0) is 65.2 Å². The molecule has 0 aliphatic heterocycles. The number of aryl methyl sites for hydroxylation is 3. The van der Waals surface area contributed by atoms with Crippen LogP contribution in [-0.4, -0.2) is 52.5 Å². The van der Waals surface area contributed by atoms with E-state index in [1.807, 2.05) is 24.3 Å². The van der Waals surface area contributed by atoms with E-state index in [9.17, 15) is 19.2 Å². The molecule has 0 aliphatic carbocycles. The van der Waals surface area contributed by atoms with E-state index in [4.69, 9.17) is 19.8 Å². The standard InChI is InChI=1S/C26H33N3O6S.C3H5NO/c1-8-35-23(31)20-16(4)19-21(30)29(26(5,6)24(32)27-15(2)3)25(33)28(22(19)36-20)14-13-17-11-9-10-12-18(17)34-7;4-2-1-3-5/h9-12,15H,8,13-14H2,1-7H3,(H,27,32);5H,1,3H2. The van der Waals surface area contributed by atoms with Gasteiger partial charge in [0.25, 0.3) is 5.56 Å². The Morgan fingerprint density at radius 1 is 1.22 bits per heavy atom. The lowest BCUT2D eigenvalue weighted by molar-refractivity contribution is -0.129. The number of nitrogens with zero attached hydrogens (tertiary/aromatic N) is 3. The number of nitriles is 1. The maximum Gasteiger partial charge on any atom is 0.348 e. The first-order valence-corrected chi connectivity index (χ1v) is 14.1. The van der Waals surface area contributed by atoms with Crippen LogP contribution >= 0.6 is 11.3 Å². The van der Waals surface area contributed by atoms with Crippen LogP contribution in [0.15, 0.2) is 33.9 Å². The molecule has 222 valence electrons. The lowest BCUT2D eigenvalue weighted by atomic mass is 10.0. The largest absolute Gasteiger partial charge is 0.496 e. The molecule has 0 fully saturated rings. The average Bonchev–Trinajstić information content (AvgIpc) is 3.26. The van der Waals surface area contributed by atoms with E-state index in [-0.39, 0.29) is 42.5 Å². The number of carbonyl (C=O) groups excluding carboxylic acids is 2. The number of esters is 1. The van der Waals surface area contributed by atoms with E-state index in [0.29, 0.717) is 22.6 Å². The molecule has 12 heteroatoms. The molecule has 0 aliphatic rings. The second kappa shape index (κ2) is 14.6. The van der Waals surface area contributed by atoms with Crippen molar-refractivity contribution in [3.8, 4) is 11.8 Å². The van der Waals surface area contributed by atoms with Crippen molar-refractivity contribution in [2.45, 2.75) is 72.5 Å². The lowest BCUT2D eigenvalue weighted by Crippen LogP contribution is -2.56. The Labute approximate surface area is 242 Å². The summed E-state index contributed by atoms with van der Waals surface area (Å²) in [6, 6.07) is 9.07. The quantitative estimate of drug-likeness (QED) is 0.344. The number of rotatable bonds is 10. The van der Waals surface area contributed by atoms with Crippen LogP contribution in [0.4, 0.5) is 0 Å². The Bertz CT molecular complexity index is 1540. The molecular weight excluding hydrogens is 548 g/mol. The Hall–Kier alpha value is -3.95. The third-order valence-electron chi connectivity index (χ3n) is 6.23. The van der Waals surface area contributed by atoms with Crippen molar-refractivity contribution in [3.05, 3.63) is 61.1 Å². The van der Waals surface area contributed by atoms with Crippen LogP contribution in [-0.2, 0) is 28.0 Å². The van der Waals surface area contributed by atoms with Gasteiger partial charge in [-0.1, -0.05) is 18.2 Å². The van der Waals surface area contributed by atoms with Crippen molar-refractivity contribution < 1.29 is 24.2 Å². The number of ether oxygens (including phenoxy) is 2. The van der Waals surface area contributed by atoms with Crippen molar-refractivity contribution in [2.75, 3.05) is 20.3 Å². The SMILES string of the molecule is CCOC(=O)c1sc2c(c1C)c(=O)n(C(C)(C)C(=O)NC(C)C)c(=O)n2CCc1ccccc1OC.N#CCCO. The van der Waals surface area contributed by atoms with Gasteiger partial charge in [0.05, 0.1) is 38.2 Å². The summed E-state index contributed by atoms with van der Waals surface area (Å²) in [5, 5.41) is 18.5. The second-order valence-electron chi connectivity index (χ2n) is 9.91. The third kappa shape index (κ3) is 7.42. The molecule has 2 N–H and O–H groups in total. The molecule has 3 aromatic rings. The summed E-state index contributed by atoms with van der Waals surface area (Å²) < 4.78 is 13.1. The van der Waals surface area contributed by atoms with E-state index in [0.717, 1.165) is 21.5 Å². The number of benzene rings is 1. The summed E-state index contributed by atoms with van der Waals surface area (Å²) in [6.07, 6.45) is 0.682. The predicted octanol–water partition coefficient (Wildman–Crippen LogP) is 3.11. The summed E-state index contributed by atoms with van der Waals surface area (Å²) in [4.78, 5) is 53.9. The number of thiophene rings is 1. The highest BCUT2D eigenvalue weighted by atomic mass is 32.1. The first kappa shape index (κ1) is 33.3. The molecule has 2 aromatic heterocycles. The van der Waals surface area contributed by atoms with Crippen LogP contribution in [0.25, 0.3) is 10.2 Å². The number of carbonyl (C=O) groups is 2. The van der Waals surface area contributed by atoms with Crippen molar-refractivity contribution in [1.29, 1.82) is 5.26 Å². The first-order chi connectivity index (χ1) is 19.4. The minimum Gasteiger partial charge on any atom is -0.496 e. The zero-order chi connectivity index (χ0) is 30.9. The number of hydrogen-bond acceptors (Lipinski definition) is 9. The fourth-order valence-electron chi connectivity index (χ4n) is 4.16. The molecule has 11 nitrogen and oxygen atoms in total. The molecule has 0 unspecified atom stereocenters. The highest BCUT2D eigenvalue weighted by molar-refractivity contribution is 7.20. The van der Waals surface area contributed by atoms with Gasteiger partial charge in [0, 0.05) is 12.6 Å². The second-order valence-corrected chi connectivity index (χ2v) is 10.9. The number of para-hydroxylation sites is 1. The van der Waals surface area contributed by atoms with Crippen LogP contribution in [0.2, 0.25) is 0 Å². The Morgan fingerprint density at radius 3 is 2.41 bits per heavy atom. The van der Waals surface area contributed by atoms with E-state index in [2.05, 4.69) is 5.32 Å². The molecule has 0 radical (unpaired) electrons. The molecule has 0 atom stereocenters. The topological polar surface area (TPSA) is 153 Å². The number of hydrogen-bond donors (Lipinski definition) is 2. The lowest BCUT2D eigenvalue weighted by Gasteiger charge is -2.27. The number of aliphatic hydroxyl groups is 1. The molecule has 3 rings (SSSR count). The van der Waals surface area contributed by atoms with Crippen molar-refractivity contribution in [1.82, 2.24) is 14.5 Å². The molecule has 0 saturated carbocycles. The summed E-state index contributed by atoms with van der Waals surface area (Å²) in [5.74, 6) is -0.324. The average molecular weight is 587 g/mol. The summed E-state index contributed by atoms with van der Waals surface area (Å²) >= 11 is 1.05. The van der Waals surface area contributed by atoms with Crippen LogP contribution in [0.5, 0.6) is 5.75 Å². The Morgan fingerprint density at radius 2 is 1.88 bits per heavy atom. The van der Waals surface area contributed by atoms with Crippen LogP contribution < -0.4 is 21.3 Å². The Balaban J connectivity index is 0.00000108. The van der Waals surface area contributed by atoms with Crippen LogP contribution in [0.1, 0.15) is 61.8 Å². The van der Waals surface area contributed by atoms with Gasteiger partial charge in [-0.25, -0.2) is 14.2 Å². The predicted molar refractivity (Wildman–Crippen MR) is 158 cm³/mol. The van der Waals surface area contributed by atoms with E-state index in [1.165, 1.54) is 18.4 Å². The molecule has 0 bridgehead atoms. The van der Waals surface area contributed by atoms with Gasteiger partial charge < -0.3 is 19.9 Å². The monoisotopic (exact) mass is 586 g/mol. The minimum atomic E-state index is -1.47. The number of methoxy groups -OCH3 is 1. The molecular formula is C29H38N4O7S. The van der Waals surface area contributed by atoms with Crippen molar-refractivity contribution in [2.24, 2.45) is 0 Å². The number of aromatic nitrogens is 2. The number of fused-ring (bicyclic) bond motifs is 1. The van der Waals surface area contributed by atoms with Gasteiger partial charge in [0.1, 0.15) is 21.0 Å². The first-order valence-electron chi connectivity index (χ1n) is 13.2. The van der Waals surface area contributed by atoms with Gasteiger partial charge in [-0.15, -0.1) is 11.3 Å². The van der Waals surface area contributed by atoms with E-state index >= 15 is 0 Å². The van der Waals surface area contributed by atoms with Crippen LogP contribution in [0, 0.1) is 18.3 Å². The zero-order valence-corrected chi connectivity index (χ0v) is 25.4. The van der Waals surface area contributed by atoms with Gasteiger partial charge in [-0.3, -0.25) is 14.2 Å². The zero-order valence-electron chi connectivity index (χ0n) is 24.6. The summed E-state index contributed by atoms with van der Waals surface area (Å²) in [6.45, 7) is 10.4. The number of amides is 1. The third-order valence-corrected chi connectivity index (χ3v) is 7.52. The maximum absolute atomic E-state index is 13.8. The van der Waals surface area contributed by atoms with E-state index < -0.39 is 28.7 Å². The van der Waals surface area contributed by atoms with Gasteiger partial charge in [0.2, 0.25) is 5.91 Å². The van der Waals surface area contributed by atoms with Gasteiger partial charge in [-0.2, -0.15) is 5.26 Å². The molecule has 1 amide bonds. The van der Waals surface area contributed by atoms with Crippen molar-refractivity contribution in [3.63, 3.8) is 0 Å². The fraction of sp³-hybridized carbons (Fsp3) is 0.483. The molecule has 41 heavy (non-hydrogen) atoms. The highest BCUT2D eigenvalue weighted by Crippen LogP contribution is 2.30. The summed E-state index contributed by atoms with van der Waals surface area (Å²) in [7, 11) is 1.58. The van der Waals surface area contributed by atoms with Gasteiger partial charge >= 0.3 is 11.7 Å². The fourth-order valence-corrected chi connectivity index (χ4v) is 5.37. The molecule has 2 heterocycles. The summed E-state index contributed by atoms with van der Waals surface area (Å²) in [5.41, 5.74) is -1.40. The van der Waals surface area contributed by atoms with Gasteiger partial charge in [0.15, 0.2) is 0 Å². The smallest absolute Gasteiger partial charge is 0.348 e. The maximum atomic E-state index is 13.8. The highest BCUT2D eigenvalue weighted by Gasteiger charge is 2.36. The normalized spacial score (nSPS) is 11.0. The van der Waals surface area contributed by atoms with Crippen LogP contribution in [0.3, 0.4) is 0 Å². The minimum absolute atomic E-state index is 0.0174. The van der Waals surface area contributed by atoms with E-state index in [1.54, 1.807) is 40.9 Å². The van der Waals surface area contributed by atoms with Crippen molar-refractivity contribution >= 4 is 33.4 Å². The Kier molecular flexibility index (Phi) is 11.9. The molecule has 0 saturated heterocycles. The number of aliphatic hydroxyl groups excluding tert-OH is 1. The molecule has 1 aromatic carbocycles.